The van der Waals surface area contributed by atoms with Crippen LogP contribution < -0.4 is 0 Å². The first-order valence-electron chi connectivity index (χ1n) is 7.70. The molecule has 0 bridgehead atoms. The number of methoxy groups -OCH3 is 1. The minimum atomic E-state index is 0.00982. The lowest BCUT2D eigenvalue weighted by molar-refractivity contribution is 0.273. The van der Waals surface area contributed by atoms with Gasteiger partial charge in [0, 0.05) is 30.0 Å². The van der Waals surface area contributed by atoms with Crippen LogP contribution in [0.3, 0.4) is 0 Å². The van der Waals surface area contributed by atoms with Crippen molar-refractivity contribution < 1.29 is 4.74 Å². The number of halogens is 1. The van der Waals surface area contributed by atoms with Crippen LogP contribution in [0.1, 0.15) is 30.5 Å². The average molecular weight is 343 g/mol. The first kappa shape index (κ1) is 16.5. The fourth-order valence-electron chi connectivity index (χ4n) is 2.76. The minimum absolute atomic E-state index is 0.00982. The summed E-state index contributed by atoms with van der Waals surface area (Å²) in [5.74, 6) is 0.892. The Labute approximate surface area is 145 Å². The molecule has 0 amide bonds. The number of rotatable bonds is 5. The predicted molar refractivity (Wildman–Crippen MR) is 96.4 cm³/mol. The molecule has 0 radical (unpaired) electrons. The number of pyridine rings is 1. The van der Waals surface area contributed by atoms with E-state index in [1.807, 2.05) is 38.1 Å². The maximum Gasteiger partial charge on any atom is 0.166 e. The number of allylic oxidation sites excluding steroid dienone is 3. The van der Waals surface area contributed by atoms with Gasteiger partial charge in [0.2, 0.25) is 0 Å². The lowest BCUT2D eigenvalue weighted by atomic mass is 9.95. The molecule has 5 nitrogen and oxygen atoms in total. The molecule has 1 unspecified atom stereocenters. The molecule has 3 heterocycles. The van der Waals surface area contributed by atoms with Crippen LogP contribution in [0.15, 0.2) is 42.8 Å². The highest BCUT2D eigenvalue weighted by molar-refractivity contribution is 6.30. The van der Waals surface area contributed by atoms with Crippen molar-refractivity contribution >= 4 is 28.3 Å². The van der Waals surface area contributed by atoms with E-state index in [0.717, 1.165) is 28.0 Å². The van der Waals surface area contributed by atoms with E-state index >= 15 is 0 Å². The van der Waals surface area contributed by atoms with E-state index in [2.05, 4.69) is 21.6 Å². The molecule has 6 heteroatoms. The molecular weight excluding hydrogens is 324 g/mol. The van der Waals surface area contributed by atoms with Crippen molar-refractivity contribution in [3.8, 4) is 0 Å². The summed E-state index contributed by atoms with van der Waals surface area (Å²) in [7, 11) is 1.66. The lowest BCUT2D eigenvalue weighted by Gasteiger charge is -2.16. The Morgan fingerprint density at radius 3 is 2.92 bits per heavy atom. The number of nitrogens with zero attached hydrogens (tertiary/aromatic N) is 4. The zero-order chi connectivity index (χ0) is 17.3. The van der Waals surface area contributed by atoms with Gasteiger partial charge in [-0.3, -0.25) is 0 Å². The summed E-state index contributed by atoms with van der Waals surface area (Å²) in [5, 5.41) is 5.77. The Kier molecular flexibility index (Phi) is 4.53. The first-order valence-corrected chi connectivity index (χ1v) is 8.08. The molecule has 0 aromatic carbocycles. The number of aromatic nitrogens is 4. The van der Waals surface area contributed by atoms with E-state index in [9.17, 15) is 0 Å². The van der Waals surface area contributed by atoms with Gasteiger partial charge in [-0.05, 0) is 31.6 Å². The molecule has 3 rings (SSSR count). The van der Waals surface area contributed by atoms with Gasteiger partial charge in [0.05, 0.1) is 18.6 Å². The van der Waals surface area contributed by atoms with Crippen molar-refractivity contribution in [2.45, 2.75) is 26.2 Å². The summed E-state index contributed by atoms with van der Waals surface area (Å²) in [5.41, 5.74) is 3.24. The van der Waals surface area contributed by atoms with Crippen molar-refractivity contribution in [2.75, 3.05) is 7.11 Å². The number of fused-ring (bicyclic) bond motifs is 3. The fourth-order valence-corrected chi connectivity index (χ4v) is 3.04. The average Bonchev–Trinajstić information content (AvgIpc) is 2.97. The van der Waals surface area contributed by atoms with Gasteiger partial charge in [0.1, 0.15) is 5.15 Å². The second kappa shape index (κ2) is 6.61. The van der Waals surface area contributed by atoms with Gasteiger partial charge in [0.25, 0.3) is 0 Å². The number of hydrogen-bond donors (Lipinski definition) is 0. The standard InChI is InChI=1S/C18H19ClN4O/c1-5-12(8-14(6-2)24-4)15-9-13-10-20-16-7-11(3)22-23(16)18(13)21-17(15)19/h5-7,9-10,12H,1,8H2,2-4H3. The van der Waals surface area contributed by atoms with Crippen molar-refractivity contribution in [3.05, 3.63) is 59.2 Å². The zero-order valence-electron chi connectivity index (χ0n) is 14.0. The number of ether oxygens (including phenoxy) is 1. The molecule has 0 aliphatic heterocycles. The quantitative estimate of drug-likeness (QED) is 0.390. The molecule has 0 saturated carbocycles. The Balaban J connectivity index is 2.13. The van der Waals surface area contributed by atoms with Gasteiger partial charge >= 0.3 is 0 Å². The van der Waals surface area contributed by atoms with Crippen LogP contribution in [-0.2, 0) is 4.74 Å². The maximum absolute atomic E-state index is 6.47. The molecule has 24 heavy (non-hydrogen) atoms. The molecule has 0 saturated heterocycles. The summed E-state index contributed by atoms with van der Waals surface area (Å²) in [6.07, 6.45) is 6.28. The van der Waals surface area contributed by atoms with Crippen molar-refractivity contribution in [3.63, 3.8) is 0 Å². The normalized spacial score (nSPS) is 13.4. The molecular formula is C18H19ClN4O. The molecule has 124 valence electrons. The van der Waals surface area contributed by atoms with Crippen LogP contribution in [0.2, 0.25) is 5.15 Å². The van der Waals surface area contributed by atoms with Crippen molar-refractivity contribution in [1.29, 1.82) is 0 Å². The summed E-state index contributed by atoms with van der Waals surface area (Å²) >= 11 is 6.47. The molecule has 3 aromatic rings. The van der Waals surface area contributed by atoms with Gasteiger partial charge in [-0.15, -0.1) is 6.58 Å². The predicted octanol–water partition coefficient (Wildman–Crippen LogP) is 4.45. The van der Waals surface area contributed by atoms with Crippen molar-refractivity contribution in [1.82, 2.24) is 19.6 Å². The van der Waals surface area contributed by atoms with Gasteiger partial charge in [-0.25, -0.2) is 9.97 Å². The van der Waals surface area contributed by atoms with E-state index in [1.54, 1.807) is 17.8 Å². The Bertz CT molecular complexity index is 945. The molecule has 0 aliphatic carbocycles. The zero-order valence-corrected chi connectivity index (χ0v) is 14.7. The van der Waals surface area contributed by atoms with Crippen LogP contribution in [0.4, 0.5) is 0 Å². The Hall–Kier alpha value is -2.40. The van der Waals surface area contributed by atoms with E-state index in [4.69, 9.17) is 16.3 Å². The second-order valence-corrected chi connectivity index (χ2v) is 5.96. The highest BCUT2D eigenvalue weighted by Gasteiger charge is 2.17. The molecule has 0 spiro atoms. The lowest BCUT2D eigenvalue weighted by Crippen LogP contribution is -2.03. The van der Waals surface area contributed by atoms with Gasteiger partial charge in [-0.2, -0.15) is 9.61 Å². The van der Waals surface area contributed by atoms with E-state index < -0.39 is 0 Å². The third-order valence-corrected chi connectivity index (χ3v) is 4.35. The summed E-state index contributed by atoms with van der Waals surface area (Å²) in [6.45, 7) is 7.80. The van der Waals surface area contributed by atoms with Gasteiger partial charge in [0.15, 0.2) is 11.3 Å². The van der Waals surface area contributed by atoms with Gasteiger partial charge in [-0.1, -0.05) is 17.7 Å². The third kappa shape index (κ3) is 2.87. The third-order valence-electron chi connectivity index (χ3n) is 4.05. The molecule has 0 fully saturated rings. The number of hydrogen-bond acceptors (Lipinski definition) is 4. The Morgan fingerprint density at radius 1 is 1.46 bits per heavy atom. The molecule has 0 aliphatic rings. The highest BCUT2D eigenvalue weighted by Crippen LogP contribution is 2.32. The number of aryl methyl sites for hydroxylation is 1. The second-order valence-electron chi connectivity index (χ2n) is 5.60. The smallest absolute Gasteiger partial charge is 0.166 e. The van der Waals surface area contributed by atoms with Gasteiger partial charge < -0.3 is 4.74 Å². The fraction of sp³-hybridized carbons (Fsp3) is 0.278. The van der Waals surface area contributed by atoms with E-state index in [0.29, 0.717) is 17.2 Å². The van der Waals surface area contributed by atoms with E-state index in [1.165, 1.54) is 0 Å². The maximum atomic E-state index is 6.47. The topological polar surface area (TPSA) is 52.3 Å². The van der Waals surface area contributed by atoms with Crippen LogP contribution in [0.25, 0.3) is 16.7 Å². The monoisotopic (exact) mass is 342 g/mol. The van der Waals surface area contributed by atoms with E-state index in [-0.39, 0.29) is 5.92 Å². The first-order chi connectivity index (χ1) is 11.6. The van der Waals surface area contributed by atoms with Crippen molar-refractivity contribution in [2.24, 2.45) is 0 Å². The highest BCUT2D eigenvalue weighted by atomic mass is 35.5. The van der Waals surface area contributed by atoms with Crippen LogP contribution in [0, 0.1) is 6.92 Å². The SMILES string of the molecule is C=CC(CC(=CC)OC)c1cc2cnc3cc(C)nn3c2nc1Cl. The van der Waals surface area contributed by atoms with Crippen LogP contribution in [-0.4, -0.2) is 26.7 Å². The minimum Gasteiger partial charge on any atom is -0.501 e. The molecule has 3 aromatic heterocycles. The summed E-state index contributed by atoms with van der Waals surface area (Å²) < 4.78 is 7.08. The summed E-state index contributed by atoms with van der Waals surface area (Å²) in [6, 6.07) is 3.91. The largest absolute Gasteiger partial charge is 0.501 e. The molecule has 1 atom stereocenters. The Morgan fingerprint density at radius 2 is 2.25 bits per heavy atom. The molecule has 0 N–H and O–H groups in total. The summed E-state index contributed by atoms with van der Waals surface area (Å²) in [4.78, 5) is 9.00. The van der Waals surface area contributed by atoms with Crippen LogP contribution in [0.5, 0.6) is 0 Å². The van der Waals surface area contributed by atoms with Crippen LogP contribution >= 0.6 is 11.6 Å².